The van der Waals surface area contributed by atoms with Crippen molar-refractivity contribution >= 4 is 39.5 Å². The molecule has 1 aliphatic heterocycles. The number of benzene rings is 1. The van der Waals surface area contributed by atoms with Gasteiger partial charge in [0.05, 0.1) is 17.8 Å². The minimum atomic E-state index is -0.102. The molecule has 1 N–H and O–H groups in total. The first-order valence-electron chi connectivity index (χ1n) is 8.82. The van der Waals surface area contributed by atoms with Crippen molar-refractivity contribution in [2.24, 2.45) is 0 Å². The van der Waals surface area contributed by atoms with E-state index in [-0.39, 0.29) is 11.5 Å². The van der Waals surface area contributed by atoms with Crippen molar-refractivity contribution in [3.63, 3.8) is 0 Å². The summed E-state index contributed by atoms with van der Waals surface area (Å²) < 4.78 is 1.59. The van der Waals surface area contributed by atoms with Crippen LogP contribution in [0.3, 0.4) is 0 Å². The monoisotopic (exact) mass is 402 g/mol. The molecule has 27 heavy (non-hydrogen) atoms. The standard InChI is InChI=1S/C19H19ClN4O2S/c1-12-11-27-19-22-14(9-17(25)24(12)19)10-21-16-8-13(20)4-5-15(16)18(26)23-6-2-3-7-23/h4-5,8-9,11,21H,2-3,6-7,10H2,1H3. The number of aryl methyl sites for hydroxylation is 1. The number of carbonyl (C=O) groups is 1. The highest BCUT2D eigenvalue weighted by molar-refractivity contribution is 7.15. The van der Waals surface area contributed by atoms with Gasteiger partial charge in [0, 0.05) is 40.9 Å². The molecule has 0 spiro atoms. The molecule has 0 atom stereocenters. The van der Waals surface area contributed by atoms with Crippen molar-refractivity contribution in [3.05, 3.63) is 62.0 Å². The minimum absolute atomic E-state index is 0.00373. The van der Waals surface area contributed by atoms with E-state index in [4.69, 9.17) is 11.6 Å². The maximum absolute atomic E-state index is 12.8. The van der Waals surface area contributed by atoms with E-state index in [0.717, 1.165) is 31.6 Å². The Kier molecular flexibility index (Phi) is 4.88. The summed E-state index contributed by atoms with van der Waals surface area (Å²) in [6.07, 6.45) is 2.08. The lowest BCUT2D eigenvalue weighted by molar-refractivity contribution is 0.0793. The lowest BCUT2D eigenvalue weighted by Crippen LogP contribution is -2.28. The Labute approximate surface area is 165 Å². The normalized spacial score (nSPS) is 14.1. The number of hydrogen-bond donors (Lipinski definition) is 1. The first kappa shape index (κ1) is 18.0. The summed E-state index contributed by atoms with van der Waals surface area (Å²) in [6, 6.07) is 6.73. The molecule has 8 heteroatoms. The molecule has 1 fully saturated rings. The fourth-order valence-corrected chi connectivity index (χ4v) is 4.38. The number of fused-ring (bicyclic) bond motifs is 1. The maximum Gasteiger partial charge on any atom is 0.259 e. The Balaban J connectivity index is 1.60. The third-order valence-corrected chi connectivity index (χ3v) is 5.87. The Hall–Kier alpha value is -2.38. The third-order valence-electron chi connectivity index (χ3n) is 4.69. The van der Waals surface area contributed by atoms with Gasteiger partial charge in [0.1, 0.15) is 0 Å². The Morgan fingerprint density at radius 2 is 2.07 bits per heavy atom. The van der Waals surface area contributed by atoms with Crippen LogP contribution in [-0.2, 0) is 6.54 Å². The maximum atomic E-state index is 12.8. The fraction of sp³-hybridized carbons (Fsp3) is 0.316. The molecule has 140 valence electrons. The van der Waals surface area contributed by atoms with Gasteiger partial charge in [-0.05, 0) is 38.0 Å². The van der Waals surface area contributed by atoms with Gasteiger partial charge >= 0.3 is 0 Å². The summed E-state index contributed by atoms with van der Waals surface area (Å²) >= 11 is 7.57. The van der Waals surface area contributed by atoms with E-state index in [2.05, 4.69) is 10.3 Å². The zero-order chi connectivity index (χ0) is 19.0. The van der Waals surface area contributed by atoms with Crippen molar-refractivity contribution in [2.75, 3.05) is 18.4 Å². The van der Waals surface area contributed by atoms with Crippen molar-refractivity contribution in [3.8, 4) is 0 Å². The highest BCUT2D eigenvalue weighted by atomic mass is 35.5. The second kappa shape index (κ2) is 7.32. The van der Waals surface area contributed by atoms with Gasteiger partial charge in [-0.1, -0.05) is 11.6 Å². The molecule has 0 unspecified atom stereocenters. The minimum Gasteiger partial charge on any atom is -0.379 e. The van der Waals surface area contributed by atoms with E-state index in [1.807, 2.05) is 17.2 Å². The lowest BCUT2D eigenvalue weighted by Gasteiger charge is -2.18. The molecule has 0 aliphatic carbocycles. The Morgan fingerprint density at radius 3 is 2.85 bits per heavy atom. The number of carbonyl (C=O) groups excluding carboxylic acids is 1. The van der Waals surface area contributed by atoms with Gasteiger partial charge in [-0.25, -0.2) is 4.98 Å². The lowest BCUT2D eigenvalue weighted by atomic mass is 10.1. The Morgan fingerprint density at radius 1 is 1.30 bits per heavy atom. The molecule has 1 saturated heterocycles. The van der Waals surface area contributed by atoms with Crippen molar-refractivity contribution in [2.45, 2.75) is 26.3 Å². The summed E-state index contributed by atoms with van der Waals surface area (Å²) in [4.78, 5) is 32.2. The van der Waals surface area contributed by atoms with Gasteiger partial charge in [0.2, 0.25) is 0 Å². The number of rotatable bonds is 4. The third kappa shape index (κ3) is 3.57. The number of thiazole rings is 1. The smallest absolute Gasteiger partial charge is 0.259 e. The van der Waals surface area contributed by atoms with Gasteiger partial charge in [0.15, 0.2) is 4.96 Å². The number of hydrogen-bond acceptors (Lipinski definition) is 5. The topological polar surface area (TPSA) is 66.7 Å². The molecule has 0 saturated carbocycles. The highest BCUT2D eigenvalue weighted by Crippen LogP contribution is 2.24. The SMILES string of the molecule is Cc1csc2nc(CNc3cc(Cl)ccc3C(=O)N3CCCC3)cc(=O)n12. The summed E-state index contributed by atoms with van der Waals surface area (Å²) in [5, 5.41) is 5.69. The number of halogens is 1. The van der Waals surface area contributed by atoms with Crippen molar-refractivity contribution < 1.29 is 4.79 Å². The van der Waals surface area contributed by atoms with Crippen LogP contribution in [0.4, 0.5) is 5.69 Å². The first-order chi connectivity index (χ1) is 13.0. The number of nitrogens with one attached hydrogen (secondary N) is 1. The van der Waals surface area contributed by atoms with Crippen LogP contribution in [0.2, 0.25) is 5.02 Å². The first-order valence-corrected chi connectivity index (χ1v) is 10.1. The van der Waals surface area contributed by atoms with Crippen LogP contribution in [0.15, 0.2) is 34.4 Å². The van der Waals surface area contributed by atoms with E-state index in [0.29, 0.717) is 33.5 Å². The number of likely N-dealkylation sites (tertiary alicyclic amines) is 1. The van der Waals surface area contributed by atoms with Crippen molar-refractivity contribution in [1.82, 2.24) is 14.3 Å². The second-order valence-electron chi connectivity index (χ2n) is 6.62. The molecule has 1 aromatic carbocycles. The van der Waals surface area contributed by atoms with Crippen LogP contribution in [0.5, 0.6) is 0 Å². The zero-order valence-corrected chi connectivity index (χ0v) is 16.4. The summed E-state index contributed by atoms with van der Waals surface area (Å²) in [5.41, 5.74) is 2.64. The van der Waals surface area contributed by atoms with E-state index in [1.54, 1.807) is 22.6 Å². The number of aromatic nitrogens is 2. The molecule has 3 heterocycles. The number of anilines is 1. The molecule has 6 nitrogen and oxygen atoms in total. The van der Waals surface area contributed by atoms with E-state index in [9.17, 15) is 9.59 Å². The van der Waals surface area contributed by atoms with Gasteiger partial charge in [-0.2, -0.15) is 0 Å². The average Bonchev–Trinajstić information content (AvgIpc) is 3.30. The second-order valence-corrected chi connectivity index (χ2v) is 7.90. The van der Waals surface area contributed by atoms with Crippen LogP contribution in [0.25, 0.3) is 4.96 Å². The fourth-order valence-electron chi connectivity index (χ4n) is 3.32. The summed E-state index contributed by atoms with van der Waals surface area (Å²) in [6.45, 7) is 3.79. The highest BCUT2D eigenvalue weighted by Gasteiger charge is 2.22. The van der Waals surface area contributed by atoms with E-state index in [1.165, 1.54) is 17.4 Å². The van der Waals surface area contributed by atoms with Gasteiger partial charge in [-0.3, -0.25) is 14.0 Å². The van der Waals surface area contributed by atoms with Crippen LogP contribution in [0, 0.1) is 6.92 Å². The van der Waals surface area contributed by atoms with Crippen LogP contribution < -0.4 is 10.9 Å². The zero-order valence-electron chi connectivity index (χ0n) is 14.9. The molecule has 1 aliphatic rings. The van der Waals surface area contributed by atoms with Crippen molar-refractivity contribution in [1.29, 1.82) is 0 Å². The molecule has 3 aromatic rings. The molecule has 0 radical (unpaired) electrons. The van der Waals surface area contributed by atoms with Crippen LogP contribution in [-0.4, -0.2) is 33.3 Å². The molecular weight excluding hydrogens is 384 g/mol. The largest absolute Gasteiger partial charge is 0.379 e. The predicted molar refractivity (Wildman–Crippen MR) is 108 cm³/mol. The van der Waals surface area contributed by atoms with Gasteiger partial charge in [0.25, 0.3) is 11.5 Å². The quantitative estimate of drug-likeness (QED) is 0.724. The Bertz CT molecular complexity index is 1070. The summed E-state index contributed by atoms with van der Waals surface area (Å²) in [7, 11) is 0. The van der Waals surface area contributed by atoms with Crippen LogP contribution >= 0.6 is 22.9 Å². The van der Waals surface area contributed by atoms with E-state index < -0.39 is 0 Å². The molecule has 0 bridgehead atoms. The molecule has 1 amide bonds. The molecule has 4 rings (SSSR count). The number of nitrogens with zero attached hydrogens (tertiary/aromatic N) is 3. The molecule has 2 aromatic heterocycles. The summed E-state index contributed by atoms with van der Waals surface area (Å²) in [5.74, 6) is 0.00373. The van der Waals surface area contributed by atoms with Gasteiger partial charge in [-0.15, -0.1) is 11.3 Å². The molecular formula is C19H19ClN4O2S. The van der Waals surface area contributed by atoms with Gasteiger partial charge < -0.3 is 10.2 Å². The van der Waals surface area contributed by atoms with Crippen LogP contribution in [0.1, 0.15) is 34.6 Å². The number of amides is 1. The van der Waals surface area contributed by atoms with E-state index >= 15 is 0 Å². The predicted octanol–water partition coefficient (Wildman–Crippen LogP) is 3.57. The average molecular weight is 403 g/mol.